The van der Waals surface area contributed by atoms with Crippen molar-refractivity contribution >= 4 is 11.9 Å². The molecule has 2 aliphatic rings. The van der Waals surface area contributed by atoms with Crippen LogP contribution in [-0.4, -0.2) is 36.6 Å². The maximum absolute atomic E-state index is 11.9. The van der Waals surface area contributed by atoms with Gasteiger partial charge in [0.2, 0.25) is 5.91 Å². The van der Waals surface area contributed by atoms with E-state index in [2.05, 4.69) is 10.6 Å². The van der Waals surface area contributed by atoms with Gasteiger partial charge in [-0.3, -0.25) is 9.59 Å². The number of amides is 1. The Balaban J connectivity index is 1.71. The van der Waals surface area contributed by atoms with Gasteiger partial charge in [-0.15, -0.1) is 0 Å². The maximum atomic E-state index is 11.9. The second-order valence-electron chi connectivity index (χ2n) is 6.12. The third-order valence-electron chi connectivity index (χ3n) is 4.47. The highest BCUT2D eigenvalue weighted by molar-refractivity contribution is 5.76. The summed E-state index contributed by atoms with van der Waals surface area (Å²) < 4.78 is 0. The minimum Gasteiger partial charge on any atom is -0.481 e. The predicted octanol–water partition coefficient (Wildman–Crippen LogP) is 1.14. The number of hydrogen-bond donors (Lipinski definition) is 3. The number of hydrogen-bond acceptors (Lipinski definition) is 3. The summed E-state index contributed by atoms with van der Waals surface area (Å²) in [5.41, 5.74) is -0.174. The summed E-state index contributed by atoms with van der Waals surface area (Å²) >= 11 is 0. The second kappa shape index (κ2) is 6.37. The number of piperidine rings is 1. The molecule has 1 aliphatic heterocycles. The summed E-state index contributed by atoms with van der Waals surface area (Å²) in [7, 11) is 0. The number of carboxylic acid groups (broad SMARTS) is 1. The van der Waals surface area contributed by atoms with E-state index < -0.39 is 5.97 Å². The molecular formula is C14H24N2O3. The normalized spacial score (nSPS) is 25.4. The van der Waals surface area contributed by atoms with Crippen molar-refractivity contribution in [2.75, 3.05) is 19.6 Å². The predicted molar refractivity (Wildman–Crippen MR) is 71.8 cm³/mol. The number of carbonyl (C=O) groups is 2. The van der Waals surface area contributed by atoms with Gasteiger partial charge < -0.3 is 15.7 Å². The van der Waals surface area contributed by atoms with Crippen molar-refractivity contribution in [3.05, 3.63) is 0 Å². The molecule has 0 aromatic heterocycles. The molecule has 108 valence electrons. The van der Waals surface area contributed by atoms with Crippen LogP contribution in [0.1, 0.15) is 44.9 Å². The van der Waals surface area contributed by atoms with E-state index >= 15 is 0 Å². The van der Waals surface area contributed by atoms with Gasteiger partial charge in [0.1, 0.15) is 0 Å². The molecule has 2 rings (SSSR count). The van der Waals surface area contributed by atoms with Gasteiger partial charge in [0.05, 0.1) is 6.42 Å². The summed E-state index contributed by atoms with van der Waals surface area (Å²) in [5.74, 6) is -0.249. The van der Waals surface area contributed by atoms with Crippen molar-refractivity contribution in [2.45, 2.75) is 44.9 Å². The van der Waals surface area contributed by atoms with Crippen LogP contribution in [0.2, 0.25) is 0 Å². The van der Waals surface area contributed by atoms with Crippen molar-refractivity contribution in [2.24, 2.45) is 11.3 Å². The first-order valence-corrected chi connectivity index (χ1v) is 7.29. The summed E-state index contributed by atoms with van der Waals surface area (Å²) in [5, 5.41) is 15.2. The molecule has 1 saturated heterocycles. The minimum atomic E-state index is -0.759. The van der Waals surface area contributed by atoms with Crippen LogP contribution >= 0.6 is 0 Å². The van der Waals surface area contributed by atoms with Crippen LogP contribution in [0.5, 0.6) is 0 Å². The van der Waals surface area contributed by atoms with E-state index in [-0.39, 0.29) is 17.7 Å². The van der Waals surface area contributed by atoms with Gasteiger partial charge in [-0.2, -0.15) is 0 Å². The minimum absolute atomic E-state index is 0.0744. The Morgan fingerprint density at radius 3 is 2.63 bits per heavy atom. The van der Waals surface area contributed by atoms with E-state index in [9.17, 15) is 9.59 Å². The Hall–Kier alpha value is -1.10. The van der Waals surface area contributed by atoms with Crippen molar-refractivity contribution in [1.82, 2.24) is 10.6 Å². The molecule has 1 amide bonds. The molecule has 1 aliphatic carbocycles. The van der Waals surface area contributed by atoms with E-state index in [0.29, 0.717) is 18.9 Å². The number of rotatable bonds is 6. The Labute approximate surface area is 114 Å². The molecule has 5 heteroatoms. The van der Waals surface area contributed by atoms with Crippen LogP contribution < -0.4 is 10.6 Å². The fourth-order valence-electron chi connectivity index (χ4n) is 3.13. The molecular weight excluding hydrogens is 244 g/mol. The van der Waals surface area contributed by atoms with Gasteiger partial charge >= 0.3 is 5.97 Å². The van der Waals surface area contributed by atoms with E-state index in [1.807, 2.05) is 0 Å². The van der Waals surface area contributed by atoms with Crippen molar-refractivity contribution in [1.29, 1.82) is 0 Å². The highest BCUT2D eigenvalue weighted by atomic mass is 16.4. The number of aliphatic carboxylic acids is 1. The van der Waals surface area contributed by atoms with Crippen molar-refractivity contribution in [3.8, 4) is 0 Å². The molecule has 0 aromatic rings. The molecule has 2 fully saturated rings. The standard InChI is InChI=1S/C14H24N2O3/c17-12(7-11-3-1-6-15-9-11)16-10-14(4-2-5-14)8-13(18)19/h11,15H,1-10H2,(H,16,17)(H,18,19). The van der Waals surface area contributed by atoms with Gasteiger partial charge in [0.15, 0.2) is 0 Å². The smallest absolute Gasteiger partial charge is 0.303 e. The first kappa shape index (κ1) is 14.3. The Morgan fingerprint density at radius 1 is 1.32 bits per heavy atom. The molecule has 0 spiro atoms. The SMILES string of the molecule is O=C(O)CC1(CNC(=O)CC2CCCNC2)CCC1. The molecule has 0 bridgehead atoms. The molecule has 0 radical (unpaired) electrons. The first-order chi connectivity index (χ1) is 9.10. The molecule has 1 heterocycles. The van der Waals surface area contributed by atoms with Crippen LogP contribution in [0.15, 0.2) is 0 Å². The number of nitrogens with one attached hydrogen (secondary N) is 2. The lowest BCUT2D eigenvalue weighted by atomic mass is 9.66. The average molecular weight is 268 g/mol. The topological polar surface area (TPSA) is 78.4 Å². The van der Waals surface area contributed by atoms with E-state index in [1.54, 1.807) is 0 Å². The molecule has 1 atom stereocenters. The van der Waals surface area contributed by atoms with E-state index in [4.69, 9.17) is 5.11 Å². The van der Waals surface area contributed by atoms with Crippen LogP contribution in [0.4, 0.5) is 0 Å². The summed E-state index contributed by atoms with van der Waals surface area (Å²) in [6, 6.07) is 0. The van der Waals surface area contributed by atoms with E-state index in [1.165, 1.54) is 0 Å². The molecule has 1 saturated carbocycles. The fourth-order valence-corrected chi connectivity index (χ4v) is 3.13. The Kier molecular flexibility index (Phi) is 4.80. The quantitative estimate of drug-likeness (QED) is 0.675. The number of carbonyl (C=O) groups excluding carboxylic acids is 1. The molecule has 0 aromatic carbocycles. The van der Waals surface area contributed by atoms with Crippen LogP contribution in [0, 0.1) is 11.3 Å². The monoisotopic (exact) mass is 268 g/mol. The summed E-state index contributed by atoms with van der Waals surface area (Å²) in [4.78, 5) is 22.7. The lowest BCUT2D eigenvalue weighted by Crippen LogP contribution is -2.44. The zero-order chi connectivity index (χ0) is 13.7. The van der Waals surface area contributed by atoms with Gasteiger partial charge in [-0.25, -0.2) is 0 Å². The van der Waals surface area contributed by atoms with Gasteiger partial charge in [-0.05, 0) is 50.1 Å². The second-order valence-corrected chi connectivity index (χ2v) is 6.12. The lowest BCUT2D eigenvalue weighted by molar-refractivity contribution is -0.142. The van der Waals surface area contributed by atoms with Crippen LogP contribution in [0.3, 0.4) is 0 Å². The Bertz CT molecular complexity index is 334. The third kappa shape index (κ3) is 4.20. The lowest BCUT2D eigenvalue weighted by Gasteiger charge is -2.41. The number of carboxylic acids is 1. The highest BCUT2D eigenvalue weighted by Crippen LogP contribution is 2.43. The van der Waals surface area contributed by atoms with Gasteiger partial charge in [0, 0.05) is 13.0 Å². The average Bonchev–Trinajstić information content (AvgIpc) is 2.33. The van der Waals surface area contributed by atoms with Crippen LogP contribution in [-0.2, 0) is 9.59 Å². The molecule has 1 unspecified atom stereocenters. The third-order valence-corrected chi connectivity index (χ3v) is 4.47. The zero-order valence-electron chi connectivity index (χ0n) is 11.4. The summed E-state index contributed by atoms with van der Waals surface area (Å²) in [6.45, 7) is 2.51. The van der Waals surface area contributed by atoms with Gasteiger partial charge in [0.25, 0.3) is 0 Å². The summed E-state index contributed by atoms with van der Waals surface area (Å²) in [6.07, 6.45) is 5.92. The fraction of sp³-hybridized carbons (Fsp3) is 0.857. The van der Waals surface area contributed by atoms with Crippen LogP contribution in [0.25, 0.3) is 0 Å². The van der Waals surface area contributed by atoms with Crippen molar-refractivity contribution in [3.63, 3.8) is 0 Å². The maximum Gasteiger partial charge on any atom is 0.303 e. The molecule has 5 nitrogen and oxygen atoms in total. The Morgan fingerprint density at radius 2 is 2.11 bits per heavy atom. The molecule has 19 heavy (non-hydrogen) atoms. The zero-order valence-corrected chi connectivity index (χ0v) is 11.4. The van der Waals surface area contributed by atoms with Crippen molar-refractivity contribution < 1.29 is 14.7 Å². The van der Waals surface area contributed by atoms with E-state index in [0.717, 1.165) is 45.2 Å². The largest absolute Gasteiger partial charge is 0.481 e. The molecule has 3 N–H and O–H groups in total. The first-order valence-electron chi connectivity index (χ1n) is 7.29. The van der Waals surface area contributed by atoms with Gasteiger partial charge in [-0.1, -0.05) is 6.42 Å². The highest BCUT2D eigenvalue weighted by Gasteiger charge is 2.39.